The smallest absolute Gasteiger partial charge is 0 e. The summed E-state index contributed by atoms with van der Waals surface area (Å²) in [5.41, 5.74) is 0. The van der Waals surface area contributed by atoms with E-state index in [1.165, 1.54) is 0 Å². The summed E-state index contributed by atoms with van der Waals surface area (Å²) in [6.45, 7) is 4.00. The van der Waals surface area contributed by atoms with Crippen LogP contribution in [0.1, 0.15) is 21.3 Å². The van der Waals surface area contributed by atoms with E-state index in [9.17, 15) is 0 Å². The molecule has 0 nitrogen and oxygen atoms in total. The van der Waals surface area contributed by atoms with Crippen molar-refractivity contribution in [1.82, 2.24) is 0 Å². The van der Waals surface area contributed by atoms with Gasteiger partial charge in [-0.15, -0.1) is 0 Å². The molecule has 0 unspecified atom stereocenters. The van der Waals surface area contributed by atoms with Crippen molar-refractivity contribution in [2.75, 3.05) is 0 Å². The summed E-state index contributed by atoms with van der Waals surface area (Å²) >= 11 is 0. The van der Waals surface area contributed by atoms with Gasteiger partial charge in [-0.2, -0.15) is 0 Å². The molecule has 0 bridgehead atoms. The van der Waals surface area contributed by atoms with Crippen LogP contribution in [0.25, 0.3) is 0 Å². The van der Waals surface area contributed by atoms with Gasteiger partial charge in [0, 0.05) is 15.5 Å². The lowest BCUT2D eigenvalue weighted by Crippen LogP contribution is -1.38. The molecule has 0 saturated heterocycles. The van der Waals surface area contributed by atoms with Crippen LogP contribution >= 0.6 is 0 Å². The fraction of sp³-hybridized carbons (Fsp3) is 1.00. The molecule has 0 aromatic heterocycles. The van der Waals surface area contributed by atoms with Crippen LogP contribution in [0.4, 0.5) is 0 Å². The highest BCUT2D eigenvalue weighted by Crippen LogP contribution is 1.14. The van der Waals surface area contributed by atoms with Crippen molar-refractivity contribution in [2.24, 2.45) is 0 Å². The first-order valence-electron chi connectivity index (χ1n) is 1.33. The van der Waals surface area contributed by atoms with E-state index in [-0.39, 0.29) is 7.43 Å². The summed E-state index contributed by atoms with van der Waals surface area (Å²) in [7, 11) is 8.00. The van der Waals surface area contributed by atoms with Gasteiger partial charge in [0.25, 0.3) is 0 Å². The average Bonchev–Trinajstić information content (AvgIpc) is 1.50. The highest BCUT2D eigenvalue weighted by Gasteiger charge is 1.00. The van der Waals surface area contributed by atoms with E-state index in [2.05, 4.69) is 15.5 Å². The molecule has 4 radical (unpaired) electrons. The van der Waals surface area contributed by atoms with E-state index in [0.29, 0.717) is 0 Å². The van der Waals surface area contributed by atoms with Crippen LogP contribution in [0.5, 0.6) is 0 Å². The Kier molecular flexibility index (Phi) is 9250. The van der Waals surface area contributed by atoms with Gasteiger partial charge < -0.3 is 0 Å². The van der Waals surface area contributed by atoms with Crippen LogP contribution in [0.3, 0.4) is 0 Å². The highest BCUT2D eigenvalue weighted by atomic mass is 13.0. The van der Waals surface area contributed by atoms with Gasteiger partial charge in [-0.05, 0) is 0 Å². The van der Waals surface area contributed by atoms with Gasteiger partial charge >= 0.3 is 0 Å². The summed E-state index contributed by atoms with van der Waals surface area (Å²) < 4.78 is 0. The molecule has 0 saturated carbocycles. The molecule has 0 heterocycles. The Hall–Kier alpha value is 0.130. The van der Waals surface area contributed by atoms with Gasteiger partial charge in [-0.3, -0.25) is 0 Å². The molecule has 0 rings (SSSR count). The monoisotopic (exact) mass is 68.1 g/mol. The Morgan fingerprint density at radius 3 is 1.00 bits per heavy atom. The van der Waals surface area contributed by atoms with Crippen LogP contribution in [0, 0.1) is 0 Å². The fourth-order valence-electron chi connectivity index (χ4n) is 0. The van der Waals surface area contributed by atoms with E-state index < -0.39 is 0 Å². The number of hydrogen-bond donors (Lipinski definition) is 0. The largest absolute Gasteiger partial charge is 0.0776 e. The molecule has 5 heavy (non-hydrogen) atoms. The third-order valence-corrected chi connectivity index (χ3v) is 0. The van der Waals surface area contributed by atoms with Crippen molar-refractivity contribution in [3.8, 4) is 0 Å². The number of hydrogen-bond acceptors (Lipinski definition) is 0. The molecule has 0 aliphatic carbocycles. The second kappa shape index (κ2) is 2400. The van der Waals surface area contributed by atoms with Gasteiger partial charge in [0.05, 0.1) is 0 Å². The Balaban J connectivity index is -0.0000000133. The first-order chi connectivity index (χ1) is 2.00. The van der Waals surface area contributed by atoms with Crippen LogP contribution < -0.4 is 0 Å². The maximum atomic E-state index is 4.00. The van der Waals surface area contributed by atoms with Crippen LogP contribution in [0.2, 0.25) is 0 Å². The summed E-state index contributed by atoms with van der Waals surface area (Å²) in [5.74, 6) is 0. The van der Waals surface area contributed by atoms with E-state index in [0.717, 1.165) is 0 Å². The predicted molar refractivity (Wildman–Crippen MR) is 29.6 cm³/mol. The van der Waals surface area contributed by atoms with E-state index in [1.807, 2.05) is 13.8 Å². The highest BCUT2D eigenvalue weighted by molar-refractivity contribution is 6.75. The standard InChI is InChI=1S/C2H6.CH4.B2/c1-2;;1-2/h1-2H3;1H4;. The van der Waals surface area contributed by atoms with Crippen LogP contribution in [-0.2, 0) is 0 Å². The molecular weight excluding hydrogens is 57.7 g/mol. The first kappa shape index (κ1) is 19.3. The molecule has 28 valence electrons. The Morgan fingerprint density at radius 2 is 1.00 bits per heavy atom. The zero-order chi connectivity index (χ0) is 4.00. The van der Waals surface area contributed by atoms with Crippen molar-refractivity contribution in [3.63, 3.8) is 0 Å². The van der Waals surface area contributed by atoms with Gasteiger partial charge in [-0.1, -0.05) is 21.3 Å². The van der Waals surface area contributed by atoms with E-state index in [4.69, 9.17) is 0 Å². The van der Waals surface area contributed by atoms with Gasteiger partial charge in [0.1, 0.15) is 0 Å². The van der Waals surface area contributed by atoms with Gasteiger partial charge in [0.2, 0.25) is 0 Å². The molecule has 0 spiro atoms. The van der Waals surface area contributed by atoms with Gasteiger partial charge in [-0.25, -0.2) is 0 Å². The third kappa shape index (κ3) is 1110. The molecule has 0 atom stereocenters. The molecule has 0 aromatic rings. The van der Waals surface area contributed by atoms with E-state index in [1.54, 1.807) is 0 Å². The topological polar surface area (TPSA) is 0 Å². The van der Waals surface area contributed by atoms with E-state index >= 15 is 0 Å². The second-order valence-corrected chi connectivity index (χ2v) is 0. The SMILES string of the molecule is C.CC.[B][B]. The maximum Gasteiger partial charge on any atom is 0 e. The van der Waals surface area contributed by atoms with Crippen LogP contribution in [-0.4, -0.2) is 15.5 Å². The van der Waals surface area contributed by atoms with Crippen molar-refractivity contribution in [2.45, 2.75) is 21.3 Å². The molecule has 2 heteroatoms. The molecule has 0 N–H and O–H groups in total. The Labute approximate surface area is 37.8 Å². The quantitative estimate of drug-likeness (QED) is 0.370. The average molecular weight is 67.7 g/mol. The van der Waals surface area contributed by atoms with Crippen LogP contribution in [0.15, 0.2) is 0 Å². The molecular formula is C3H10B2. The zero-order valence-electron chi connectivity index (χ0n) is 3.15. The van der Waals surface area contributed by atoms with Crippen molar-refractivity contribution < 1.29 is 0 Å². The summed E-state index contributed by atoms with van der Waals surface area (Å²) in [6.07, 6.45) is 0. The lowest BCUT2D eigenvalue weighted by molar-refractivity contribution is 1.50. The molecule has 0 aliphatic rings. The lowest BCUT2D eigenvalue weighted by atomic mass is 9.81. The molecule has 0 amide bonds. The second-order valence-electron chi connectivity index (χ2n) is 0. The maximum absolute atomic E-state index is 4.00. The normalized spacial score (nSPS) is 2.00. The molecule has 0 aliphatic heterocycles. The zero-order valence-corrected chi connectivity index (χ0v) is 3.15. The lowest BCUT2D eigenvalue weighted by Gasteiger charge is -1.07. The van der Waals surface area contributed by atoms with Crippen molar-refractivity contribution in [1.29, 1.82) is 0 Å². The Morgan fingerprint density at radius 1 is 1.00 bits per heavy atom. The number of rotatable bonds is 0. The minimum atomic E-state index is 0. The Bertz CT molecular complexity index is 4.85. The molecule has 0 fully saturated rings. The van der Waals surface area contributed by atoms with Crippen molar-refractivity contribution in [3.05, 3.63) is 0 Å². The fourth-order valence-corrected chi connectivity index (χ4v) is 0. The predicted octanol–water partition coefficient (Wildman–Crippen LogP) is 0.901. The third-order valence-electron chi connectivity index (χ3n) is 0. The minimum absolute atomic E-state index is 0. The van der Waals surface area contributed by atoms with Gasteiger partial charge in [0.15, 0.2) is 0 Å². The molecule has 0 aromatic carbocycles. The van der Waals surface area contributed by atoms with Crippen molar-refractivity contribution >= 4 is 15.5 Å². The minimum Gasteiger partial charge on any atom is -0.0776 e. The first-order valence-corrected chi connectivity index (χ1v) is 1.33. The summed E-state index contributed by atoms with van der Waals surface area (Å²) in [4.78, 5) is 0. The summed E-state index contributed by atoms with van der Waals surface area (Å²) in [6, 6.07) is 0. The summed E-state index contributed by atoms with van der Waals surface area (Å²) in [5, 5.41) is 0.